The number of esters is 1. The van der Waals surface area contributed by atoms with Crippen molar-refractivity contribution in [3.8, 4) is 0 Å². The summed E-state index contributed by atoms with van der Waals surface area (Å²) in [6.45, 7) is 13.9. The second-order valence-electron chi connectivity index (χ2n) is 23.5. The standard InChI is InChI=1S/C65H95NO21/c1-13-14-18-29-51-64(7,8)61(72)62(84-53(70)32-43-26-19-17-20-27-43)65(74,87-51)44(63(73)66-31-24-23-25-38(2)58(78-12)39(3)47-33-45(67)46(83-47)28-21-15-16-22-30-52(68)69)37-79-54-35-49(76-10)59(41(5)81-54)86-56-36-50(77-11)60(42(6)82-56)85-55-34-48(75-9)57(71)40(4)80-55/h13-30,39-42,44-51,54-62,67,71-72,74H,31-37H2,1-12H3,(H,66,73)(H,68,69)/t39-,40+,41+,42+,44?,45+,46+,47?,48+,49+,50-,51-,54-,55+,56-,57-,58?,59?,60+,61-,62+,65+/m0/s1. The largest absolute Gasteiger partial charge is 0.478 e. The van der Waals surface area contributed by atoms with Gasteiger partial charge in [-0.1, -0.05) is 124 Å². The van der Waals surface area contributed by atoms with Crippen molar-refractivity contribution in [1.82, 2.24) is 5.32 Å². The second-order valence-corrected chi connectivity index (χ2v) is 23.5. The van der Waals surface area contributed by atoms with E-state index in [-0.39, 0.29) is 37.8 Å². The number of carbonyl (C=O) groups is 3. The molecule has 0 bridgehead atoms. The summed E-state index contributed by atoms with van der Waals surface area (Å²) in [5.74, 6) is -7.19. The summed E-state index contributed by atoms with van der Waals surface area (Å²) in [6, 6.07) is 8.84. The van der Waals surface area contributed by atoms with Crippen LogP contribution in [0.3, 0.4) is 0 Å². The maximum absolute atomic E-state index is 14.9. The van der Waals surface area contributed by atoms with Crippen molar-refractivity contribution in [2.24, 2.45) is 17.3 Å². The minimum absolute atomic E-state index is 0.0572. The minimum Gasteiger partial charge on any atom is -0.478 e. The summed E-state index contributed by atoms with van der Waals surface area (Å²) in [5, 5.41) is 58.5. The Morgan fingerprint density at radius 3 is 1.98 bits per heavy atom. The molecule has 22 nitrogen and oxygen atoms in total. The van der Waals surface area contributed by atoms with Gasteiger partial charge < -0.3 is 92.4 Å². The summed E-state index contributed by atoms with van der Waals surface area (Å²) in [5.41, 5.74) is 0.265. The number of carboxylic acid groups (broad SMARTS) is 1. The third kappa shape index (κ3) is 19.1. The maximum Gasteiger partial charge on any atom is 0.328 e. The fraction of sp³-hybridized carbons (Fsp3) is 0.646. The van der Waals surface area contributed by atoms with E-state index in [1.54, 1.807) is 133 Å². The average molecular weight is 1230 g/mol. The topological polar surface area (TPSA) is 284 Å². The first-order valence-corrected chi connectivity index (χ1v) is 30.0. The molecule has 87 heavy (non-hydrogen) atoms. The monoisotopic (exact) mass is 1230 g/mol. The van der Waals surface area contributed by atoms with Gasteiger partial charge in [-0.2, -0.15) is 0 Å². The van der Waals surface area contributed by atoms with Gasteiger partial charge in [-0.25, -0.2) is 4.79 Å². The number of methoxy groups -OCH3 is 4. The van der Waals surface area contributed by atoms with E-state index >= 15 is 0 Å². The molecule has 5 aliphatic rings. The van der Waals surface area contributed by atoms with Crippen LogP contribution in [0.5, 0.6) is 0 Å². The van der Waals surface area contributed by atoms with Gasteiger partial charge in [0.15, 0.2) is 25.0 Å². The first kappa shape index (κ1) is 71.2. The Balaban J connectivity index is 1.19. The average Bonchev–Trinajstić information content (AvgIpc) is 1.73. The molecule has 22 heteroatoms. The molecule has 0 aliphatic carbocycles. The molecule has 5 fully saturated rings. The van der Waals surface area contributed by atoms with Gasteiger partial charge in [0.1, 0.15) is 36.4 Å². The van der Waals surface area contributed by atoms with E-state index in [0.717, 1.165) is 11.6 Å². The van der Waals surface area contributed by atoms with Crippen LogP contribution >= 0.6 is 0 Å². The molecule has 5 saturated heterocycles. The van der Waals surface area contributed by atoms with Crippen LogP contribution < -0.4 is 5.32 Å². The molecule has 1 aromatic rings. The Kier molecular flexibility index (Phi) is 27.7. The van der Waals surface area contributed by atoms with Gasteiger partial charge in [0, 0.05) is 78.1 Å². The number of aliphatic carboxylic acids is 1. The molecule has 4 unspecified atom stereocenters. The second kappa shape index (κ2) is 33.8. The van der Waals surface area contributed by atoms with Crippen LogP contribution in [0.4, 0.5) is 0 Å². The Bertz CT molecular complexity index is 2530. The molecule has 0 radical (unpaired) electrons. The summed E-state index contributed by atoms with van der Waals surface area (Å²) in [4.78, 5) is 39.5. The number of aliphatic hydroxyl groups is 4. The number of aliphatic hydroxyl groups excluding tert-OH is 3. The van der Waals surface area contributed by atoms with Crippen molar-refractivity contribution in [1.29, 1.82) is 0 Å². The van der Waals surface area contributed by atoms with Crippen LogP contribution in [0.1, 0.15) is 86.6 Å². The van der Waals surface area contributed by atoms with Crippen LogP contribution in [0, 0.1) is 17.3 Å². The number of allylic oxidation sites excluding steroid dienone is 9. The highest BCUT2D eigenvalue weighted by Gasteiger charge is 2.63. The molecule has 6 N–H and O–H groups in total. The number of hydrogen-bond donors (Lipinski definition) is 6. The molecule has 0 saturated carbocycles. The number of ether oxygens (including phenoxy) is 13. The number of rotatable bonds is 28. The molecule has 0 aromatic heterocycles. The predicted octanol–water partition coefficient (Wildman–Crippen LogP) is 5.50. The molecule has 1 amide bonds. The van der Waals surface area contributed by atoms with Crippen molar-refractivity contribution in [3.63, 3.8) is 0 Å². The van der Waals surface area contributed by atoms with Crippen LogP contribution in [-0.4, -0.2) is 207 Å². The lowest BCUT2D eigenvalue weighted by molar-refractivity contribution is -0.368. The normalized spacial score (nSPS) is 36.3. The molecule has 6 rings (SSSR count). The quantitative estimate of drug-likeness (QED) is 0.0343. The molecular formula is C65H95NO21. The summed E-state index contributed by atoms with van der Waals surface area (Å²) in [7, 11) is 6.24. The van der Waals surface area contributed by atoms with Crippen LogP contribution in [0.15, 0.2) is 115 Å². The number of hydrogen-bond acceptors (Lipinski definition) is 20. The number of benzene rings is 1. The van der Waals surface area contributed by atoms with Gasteiger partial charge in [-0.15, -0.1) is 0 Å². The third-order valence-electron chi connectivity index (χ3n) is 16.9. The molecule has 0 spiro atoms. The van der Waals surface area contributed by atoms with Gasteiger partial charge in [0.2, 0.25) is 11.7 Å². The van der Waals surface area contributed by atoms with Gasteiger partial charge in [0.25, 0.3) is 0 Å². The number of amides is 1. The Morgan fingerprint density at radius 1 is 0.759 bits per heavy atom. The molecule has 5 heterocycles. The molecular weight excluding hydrogens is 1130 g/mol. The van der Waals surface area contributed by atoms with E-state index in [1.165, 1.54) is 20.3 Å². The van der Waals surface area contributed by atoms with Crippen molar-refractivity contribution < 1.29 is 101 Å². The minimum atomic E-state index is -2.71. The van der Waals surface area contributed by atoms with Gasteiger partial charge >= 0.3 is 11.9 Å². The highest BCUT2D eigenvalue weighted by atomic mass is 16.7. The van der Waals surface area contributed by atoms with E-state index in [0.29, 0.717) is 18.4 Å². The van der Waals surface area contributed by atoms with Crippen molar-refractivity contribution >= 4 is 17.8 Å². The number of carboxylic acids is 1. The first-order chi connectivity index (χ1) is 41.5. The Labute approximate surface area is 512 Å². The third-order valence-corrected chi connectivity index (χ3v) is 16.9. The van der Waals surface area contributed by atoms with Crippen LogP contribution in [0.25, 0.3) is 0 Å². The van der Waals surface area contributed by atoms with Crippen LogP contribution in [-0.2, 0) is 82.4 Å². The Morgan fingerprint density at radius 2 is 1.36 bits per heavy atom. The van der Waals surface area contributed by atoms with E-state index < -0.39 is 152 Å². The molecule has 22 atom stereocenters. The summed E-state index contributed by atoms with van der Waals surface area (Å²) in [6.07, 6.45) is 7.66. The highest BCUT2D eigenvalue weighted by molar-refractivity contribution is 5.81. The van der Waals surface area contributed by atoms with E-state index in [1.807, 2.05) is 33.8 Å². The van der Waals surface area contributed by atoms with E-state index in [9.17, 15) is 34.8 Å². The lowest BCUT2D eigenvalue weighted by Gasteiger charge is -2.54. The Hall–Kier alpha value is -4.83. The van der Waals surface area contributed by atoms with Crippen molar-refractivity contribution in [2.45, 2.75) is 210 Å². The fourth-order valence-corrected chi connectivity index (χ4v) is 11.8. The summed E-state index contributed by atoms with van der Waals surface area (Å²) >= 11 is 0. The predicted molar refractivity (Wildman–Crippen MR) is 318 cm³/mol. The number of carbonyl (C=O) groups excluding carboxylic acids is 2. The molecule has 486 valence electrons. The van der Waals surface area contributed by atoms with E-state index in [4.69, 9.17) is 66.7 Å². The molecule has 5 aliphatic heterocycles. The lowest BCUT2D eigenvalue weighted by Crippen LogP contribution is -2.71. The zero-order chi connectivity index (χ0) is 63.6. The SMILES string of the molecule is CC=CC=C[C@@H]1O[C@](O)(C(CO[C@@H]2C[C@@H](OC)C(O[C@H]3C[C@H](OC)[C@H](O[C@@H]4C[C@@H](OC)[C@@H](O)[C@@H](C)O4)[C@@H](C)O3)[C@@H](C)O2)C(=O)NCC=CC=C(C)C(OC)[C@@H](C)C2C[C@@H](O)[C@@H](C=CC=CC=CC(=O)O)O2)[C@H](OC(=O)Cc2ccccc2)[C@H](O)C1(C)C. The fourth-order valence-electron chi connectivity index (χ4n) is 11.8. The lowest BCUT2D eigenvalue weighted by atomic mass is 9.71. The zero-order valence-electron chi connectivity index (χ0n) is 52.2. The highest BCUT2D eigenvalue weighted by Crippen LogP contribution is 2.46. The summed E-state index contributed by atoms with van der Waals surface area (Å²) < 4.78 is 80.6. The van der Waals surface area contributed by atoms with Gasteiger partial charge in [-0.3, -0.25) is 9.59 Å². The maximum atomic E-state index is 14.9. The van der Waals surface area contributed by atoms with Crippen molar-refractivity contribution in [2.75, 3.05) is 41.6 Å². The zero-order valence-corrected chi connectivity index (χ0v) is 52.2. The molecule has 1 aromatic carbocycles. The van der Waals surface area contributed by atoms with E-state index in [2.05, 4.69) is 5.32 Å². The van der Waals surface area contributed by atoms with Gasteiger partial charge in [0.05, 0.1) is 74.1 Å². The number of nitrogens with one attached hydrogen (secondary N) is 1. The van der Waals surface area contributed by atoms with Crippen LogP contribution in [0.2, 0.25) is 0 Å². The van der Waals surface area contributed by atoms with Crippen molar-refractivity contribution in [3.05, 3.63) is 120 Å². The smallest absolute Gasteiger partial charge is 0.328 e. The first-order valence-electron chi connectivity index (χ1n) is 30.0. The van der Waals surface area contributed by atoms with Gasteiger partial charge in [-0.05, 0) is 45.8 Å².